The van der Waals surface area contributed by atoms with E-state index in [1.54, 1.807) is 0 Å². The van der Waals surface area contributed by atoms with Crippen LogP contribution in [0.4, 0.5) is 0 Å². The van der Waals surface area contributed by atoms with Crippen LogP contribution in [0.1, 0.15) is 37.2 Å². The summed E-state index contributed by atoms with van der Waals surface area (Å²) in [5, 5.41) is 0. The maximum Gasteiger partial charge on any atom is 0.305 e. The fourth-order valence-corrected chi connectivity index (χ4v) is 2.76. The number of benzene rings is 2. The van der Waals surface area contributed by atoms with Crippen LogP contribution in [0.15, 0.2) is 60.7 Å². The number of hydrogen-bond donors (Lipinski definition) is 0. The van der Waals surface area contributed by atoms with E-state index in [1.807, 2.05) is 36.4 Å². The molecule has 0 N–H and O–H groups in total. The Hall–Kier alpha value is -1.42. The lowest BCUT2D eigenvalue weighted by Crippen LogP contribution is -2.11. The lowest BCUT2D eigenvalue weighted by Gasteiger charge is -2.17. The predicted molar refractivity (Wildman–Crippen MR) is 80.4 cm³/mol. The van der Waals surface area contributed by atoms with Gasteiger partial charge in [0.25, 0.3) is 0 Å². The van der Waals surface area contributed by atoms with Gasteiger partial charge in [-0.15, -0.1) is 0 Å². The summed E-state index contributed by atoms with van der Waals surface area (Å²) in [5.74, 6) is 0. The van der Waals surface area contributed by atoms with Crippen LogP contribution in [-0.4, -0.2) is 10.0 Å². The first-order valence-corrected chi connectivity index (χ1v) is 7.76. The van der Waals surface area contributed by atoms with Crippen LogP contribution in [0.3, 0.4) is 0 Å². The molecule has 2 rings (SSSR count). The Labute approximate surface area is 117 Å². The Morgan fingerprint density at radius 1 is 0.684 bits per heavy atom. The normalized spacial score (nSPS) is 14.6. The van der Waals surface area contributed by atoms with Crippen molar-refractivity contribution in [3.63, 3.8) is 0 Å². The number of rotatable bonds is 6. The molecule has 0 saturated carbocycles. The molecule has 0 aliphatic heterocycles. The van der Waals surface area contributed by atoms with Crippen LogP contribution in [0, 0.1) is 0 Å². The third-order valence-electron chi connectivity index (χ3n) is 3.17. The lowest BCUT2D eigenvalue weighted by atomic mass is 10.1. The summed E-state index contributed by atoms with van der Waals surface area (Å²) in [6.07, 6.45) is 0.215. The summed E-state index contributed by atoms with van der Waals surface area (Å²) in [6, 6.07) is 20.5. The lowest BCUT2D eigenvalue weighted by molar-refractivity contribution is 0.136. The highest BCUT2D eigenvalue weighted by molar-refractivity contribution is 6.18. The van der Waals surface area contributed by atoms with Crippen molar-refractivity contribution in [1.29, 1.82) is 0 Å². The van der Waals surface area contributed by atoms with Crippen LogP contribution >= 0.6 is 0 Å². The molecule has 2 nitrogen and oxygen atoms in total. The van der Waals surface area contributed by atoms with E-state index in [0.29, 0.717) is 0 Å². The van der Waals surface area contributed by atoms with Crippen molar-refractivity contribution < 1.29 is 8.85 Å². The monoisotopic (exact) mass is 272 g/mol. The van der Waals surface area contributed by atoms with Gasteiger partial charge in [-0.1, -0.05) is 60.7 Å². The van der Waals surface area contributed by atoms with Crippen LogP contribution in [-0.2, 0) is 8.85 Å². The van der Waals surface area contributed by atoms with Gasteiger partial charge in [0, 0.05) is 0 Å². The molecule has 0 radical (unpaired) electrons. The largest absolute Gasteiger partial charge is 0.392 e. The van der Waals surface area contributed by atoms with Gasteiger partial charge in [-0.05, 0) is 25.0 Å². The molecule has 2 unspecified atom stereocenters. The molecular formula is C16H20O2Si. The van der Waals surface area contributed by atoms with E-state index in [9.17, 15) is 0 Å². The first-order valence-electron chi connectivity index (χ1n) is 6.60. The van der Waals surface area contributed by atoms with Crippen molar-refractivity contribution in [2.24, 2.45) is 0 Å². The quantitative estimate of drug-likeness (QED) is 0.749. The molecule has 19 heavy (non-hydrogen) atoms. The molecule has 2 aromatic rings. The standard InChI is InChI=1S/C16H20O2Si/c1-13(15-9-5-3-6-10-15)17-19-18-14(2)16-11-7-4-8-12-16/h3-14H,19H2,1-2H3. The molecular weight excluding hydrogens is 252 g/mol. The third-order valence-corrected chi connectivity index (χ3v) is 4.45. The van der Waals surface area contributed by atoms with Crippen molar-refractivity contribution in [3.8, 4) is 0 Å². The first kappa shape index (κ1) is 14.0. The summed E-state index contributed by atoms with van der Waals surface area (Å²) in [4.78, 5) is 0. The molecule has 0 saturated heterocycles. The van der Waals surface area contributed by atoms with E-state index in [-0.39, 0.29) is 12.2 Å². The second-order valence-electron chi connectivity index (χ2n) is 4.56. The summed E-state index contributed by atoms with van der Waals surface area (Å²) >= 11 is 0. The van der Waals surface area contributed by atoms with E-state index in [1.165, 1.54) is 11.1 Å². The van der Waals surface area contributed by atoms with E-state index in [2.05, 4.69) is 38.1 Å². The minimum Gasteiger partial charge on any atom is -0.392 e. The summed E-state index contributed by atoms with van der Waals surface area (Å²) in [6.45, 7) is 4.14. The fourth-order valence-electron chi connectivity index (χ4n) is 1.88. The Morgan fingerprint density at radius 3 is 1.42 bits per heavy atom. The minimum atomic E-state index is -0.971. The van der Waals surface area contributed by atoms with Crippen LogP contribution in [0.25, 0.3) is 0 Å². The van der Waals surface area contributed by atoms with E-state index in [4.69, 9.17) is 8.85 Å². The highest BCUT2D eigenvalue weighted by Gasteiger charge is 2.08. The zero-order chi connectivity index (χ0) is 13.5. The molecule has 100 valence electrons. The van der Waals surface area contributed by atoms with Crippen LogP contribution in [0.5, 0.6) is 0 Å². The Balaban J connectivity index is 1.78. The highest BCUT2D eigenvalue weighted by atomic mass is 28.3. The van der Waals surface area contributed by atoms with Gasteiger partial charge in [0.15, 0.2) is 0 Å². The molecule has 3 heteroatoms. The molecule has 0 aliphatic carbocycles. The maximum absolute atomic E-state index is 5.84. The van der Waals surface area contributed by atoms with Gasteiger partial charge in [-0.3, -0.25) is 0 Å². The maximum atomic E-state index is 5.84. The van der Waals surface area contributed by atoms with Crippen LogP contribution in [0.2, 0.25) is 0 Å². The average molecular weight is 272 g/mol. The van der Waals surface area contributed by atoms with E-state index in [0.717, 1.165) is 0 Å². The van der Waals surface area contributed by atoms with Gasteiger partial charge in [0.1, 0.15) is 0 Å². The minimum absolute atomic E-state index is 0.107. The Bertz CT molecular complexity index is 427. The number of hydrogen-bond acceptors (Lipinski definition) is 2. The van der Waals surface area contributed by atoms with Gasteiger partial charge < -0.3 is 8.85 Å². The molecule has 0 aromatic heterocycles. The van der Waals surface area contributed by atoms with Crippen molar-refractivity contribution in [2.45, 2.75) is 26.1 Å². The predicted octanol–water partition coefficient (Wildman–Crippen LogP) is 3.54. The average Bonchev–Trinajstić information content (AvgIpc) is 2.49. The van der Waals surface area contributed by atoms with E-state index < -0.39 is 10.0 Å². The second kappa shape index (κ2) is 7.24. The summed E-state index contributed by atoms with van der Waals surface area (Å²) in [5.41, 5.74) is 2.40. The topological polar surface area (TPSA) is 18.5 Å². The van der Waals surface area contributed by atoms with Gasteiger partial charge >= 0.3 is 10.0 Å². The molecule has 0 heterocycles. The zero-order valence-corrected chi connectivity index (χ0v) is 12.9. The first-order chi connectivity index (χ1) is 9.27. The van der Waals surface area contributed by atoms with Crippen LogP contribution < -0.4 is 0 Å². The van der Waals surface area contributed by atoms with Crippen molar-refractivity contribution in [3.05, 3.63) is 71.8 Å². The van der Waals surface area contributed by atoms with E-state index >= 15 is 0 Å². The highest BCUT2D eigenvalue weighted by Crippen LogP contribution is 2.18. The second-order valence-corrected chi connectivity index (χ2v) is 5.46. The molecule has 0 amide bonds. The van der Waals surface area contributed by atoms with Gasteiger partial charge in [0.2, 0.25) is 0 Å². The summed E-state index contributed by atoms with van der Waals surface area (Å²) in [7, 11) is -0.971. The van der Waals surface area contributed by atoms with Crippen molar-refractivity contribution in [2.75, 3.05) is 0 Å². The van der Waals surface area contributed by atoms with Gasteiger partial charge in [-0.25, -0.2) is 0 Å². The fraction of sp³-hybridized carbons (Fsp3) is 0.250. The smallest absolute Gasteiger partial charge is 0.305 e. The van der Waals surface area contributed by atoms with Crippen molar-refractivity contribution >= 4 is 10.0 Å². The van der Waals surface area contributed by atoms with Gasteiger partial charge in [0.05, 0.1) is 12.2 Å². The molecule has 2 atom stereocenters. The SMILES string of the molecule is CC(O[SiH2]OC(C)c1ccccc1)c1ccccc1. The molecule has 0 aliphatic rings. The molecule has 0 spiro atoms. The molecule has 0 fully saturated rings. The third kappa shape index (κ3) is 4.31. The summed E-state index contributed by atoms with van der Waals surface area (Å²) < 4.78 is 11.7. The Morgan fingerprint density at radius 2 is 1.05 bits per heavy atom. The molecule has 0 bridgehead atoms. The van der Waals surface area contributed by atoms with Crippen molar-refractivity contribution in [1.82, 2.24) is 0 Å². The Kier molecular flexibility index (Phi) is 5.33. The molecule has 2 aromatic carbocycles. The zero-order valence-electron chi connectivity index (χ0n) is 11.5. The van der Waals surface area contributed by atoms with Gasteiger partial charge in [-0.2, -0.15) is 0 Å².